The smallest absolute Gasteiger partial charge is 0.220 e. The second-order valence-electron chi connectivity index (χ2n) is 29.9. The number of hydrogen-bond donors (Lipinski definition) is 12. The molecule has 101 heavy (non-hydrogen) atoms. The highest BCUT2D eigenvalue weighted by Crippen LogP contribution is 2.33. The van der Waals surface area contributed by atoms with Crippen molar-refractivity contribution in [3.05, 3.63) is 36.5 Å². The van der Waals surface area contributed by atoms with Gasteiger partial charge in [-0.2, -0.15) is 0 Å². The number of allylic oxidation sites excluding steroid dienone is 6. The molecule has 3 saturated heterocycles. The highest BCUT2D eigenvalue weighted by atomic mass is 16.8. The average molecular weight is 1440 g/mol. The molecule has 594 valence electrons. The number of aliphatic hydroxyl groups excluding tert-OH is 11. The first-order valence-corrected chi connectivity index (χ1v) is 41.7. The van der Waals surface area contributed by atoms with E-state index in [-0.39, 0.29) is 18.9 Å². The maximum absolute atomic E-state index is 13.5. The molecule has 3 aliphatic heterocycles. The number of unbranched alkanes of at least 4 members (excludes halogenated alkanes) is 45. The lowest BCUT2D eigenvalue weighted by atomic mass is 9.96. The van der Waals surface area contributed by atoms with Crippen molar-refractivity contribution in [3.8, 4) is 0 Å². The molecule has 3 rings (SSSR count). The van der Waals surface area contributed by atoms with Crippen LogP contribution in [0.4, 0.5) is 0 Å². The van der Waals surface area contributed by atoms with E-state index in [0.29, 0.717) is 12.8 Å². The van der Waals surface area contributed by atoms with E-state index < -0.39 is 124 Å². The molecule has 17 unspecified atom stereocenters. The Balaban J connectivity index is 1.33. The van der Waals surface area contributed by atoms with E-state index in [2.05, 4.69) is 55.6 Å². The lowest BCUT2D eigenvalue weighted by Crippen LogP contribution is -2.66. The fourth-order valence-corrected chi connectivity index (χ4v) is 14.3. The van der Waals surface area contributed by atoms with Gasteiger partial charge in [0.1, 0.15) is 73.2 Å². The van der Waals surface area contributed by atoms with Crippen LogP contribution < -0.4 is 5.32 Å². The van der Waals surface area contributed by atoms with Gasteiger partial charge in [0.15, 0.2) is 18.9 Å². The second-order valence-corrected chi connectivity index (χ2v) is 29.9. The lowest BCUT2D eigenvalue weighted by Gasteiger charge is -2.48. The number of hydrogen-bond acceptors (Lipinski definition) is 18. The van der Waals surface area contributed by atoms with Gasteiger partial charge in [0.05, 0.1) is 38.6 Å². The van der Waals surface area contributed by atoms with Gasteiger partial charge in [-0.25, -0.2) is 0 Å². The topological polar surface area (TPSA) is 307 Å². The van der Waals surface area contributed by atoms with E-state index in [1.165, 1.54) is 257 Å². The summed E-state index contributed by atoms with van der Waals surface area (Å²) in [5, 5.41) is 121. The van der Waals surface area contributed by atoms with Crippen LogP contribution in [-0.4, -0.2) is 193 Å². The zero-order chi connectivity index (χ0) is 73.2. The van der Waals surface area contributed by atoms with Crippen LogP contribution in [0.3, 0.4) is 0 Å². The predicted molar refractivity (Wildman–Crippen MR) is 402 cm³/mol. The molecule has 0 bridgehead atoms. The maximum Gasteiger partial charge on any atom is 0.220 e. The van der Waals surface area contributed by atoms with Crippen molar-refractivity contribution >= 4 is 5.91 Å². The highest BCUT2D eigenvalue weighted by Gasteiger charge is 2.54. The molecule has 3 heterocycles. The largest absolute Gasteiger partial charge is 0.394 e. The van der Waals surface area contributed by atoms with E-state index in [1.807, 2.05) is 0 Å². The molecular formula is C82H153NO18. The summed E-state index contributed by atoms with van der Waals surface area (Å²) in [6.07, 6.45) is 50.9. The molecule has 0 aromatic heterocycles. The van der Waals surface area contributed by atoms with Gasteiger partial charge in [0.25, 0.3) is 0 Å². The van der Waals surface area contributed by atoms with E-state index in [1.54, 1.807) is 0 Å². The van der Waals surface area contributed by atoms with Crippen molar-refractivity contribution < 1.29 is 89.4 Å². The molecule has 19 nitrogen and oxygen atoms in total. The van der Waals surface area contributed by atoms with Gasteiger partial charge in [-0.1, -0.05) is 326 Å². The summed E-state index contributed by atoms with van der Waals surface area (Å²) in [6, 6.07) is -0.887. The van der Waals surface area contributed by atoms with Gasteiger partial charge in [-0.3, -0.25) is 4.79 Å². The van der Waals surface area contributed by atoms with Crippen LogP contribution >= 0.6 is 0 Å². The summed E-state index contributed by atoms with van der Waals surface area (Å²) < 4.78 is 34.5. The van der Waals surface area contributed by atoms with E-state index in [4.69, 9.17) is 28.4 Å². The summed E-state index contributed by atoms with van der Waals surface area (Å²) in [4.78, 5) is 13.5. The Morgan fingerprint density at radius 1 is 0.356 bits per heavy atom. The molecule has 0 radical (unpaired) electrons. The normalized spacial score (nSPS) is 26.4. The quantitative estimate of drug-likeness (QED) is 0.0199. The van der Waals surface area contributed by atoms with Crippen molar-refractivity contribution in [2.75, 3.05) is 26.4 Å². The van der Waals surface area contributed by atoms with Crippen LogP contribution in [0.2, 0.25) is 0 Å². The van der Waals surface area contributed by atoms with Crippen LogP contribution in [-0.2, 0) is 33.2 Å². The standard InChI is InChI=1S/C82H153NO18/c1-3-5-7-9-11-13-15-17-19-21-23-25-26-27-28-29-30-31-32-33-34-35-36-37-38-40-42-44-46-48-50-52-54-56-58-60-70(88)83-65(66(87)59-57-55-53-51-49-47-45-43-41-39-24-22-20-18-16-14-12-10-8-6-4-2)64-96-80-76(94)73(91)78(68(62-85)98-80)101-82-77(95)74(92)79(69(63-86)99-82)100-81-75(93)72(90)71(89)67(61-84)97-81/h15,17,21,23,26-27,65-69,71-82,84-87,89-95H,3-14,16,18-20,22,24-25,28-64H2,1-2H3,(H,83,88)/b17-15-,23-21-,27-26-. The summed E-state index contributed by atoms with van der Waals surface area (Å²) in [7, 11) is 0. The van der Waals surface area contributed by atoms with Gasteiger partial charge in [-0.15, -0.1) is 0 Å². The number of amides is 1. The van der Waals surface area contributed by atoms with Crippen molar-refractivity contribution in [2.24, 2.45) is 0 Å². The molecule has 0 aliphatic carbocycles. The van der Waals surface area contributed by atoms with Crippen LogP contribution in [0, 0.1) is 0 Å². The van der Waals surface area contributed by atoms with Crippen molar-refractivity contribution in [1.82, 2.24) is 5.32 Å². The molecule has 1 amide bonds. The molecular weight excluding hydrogens is 1290 g/mol. The SMILES string of the molecule is CCCCCCC/C=C\C/C=C\C/C=C\CCCCCCCCCCCCCCCCCCCCCCC(=O)NC(COC1OC(CO)C(OC2OC(CO)C(OC3OC(CO)C(O)C(O)C3O)C(O)C2O)C(O)C1O)C(O)CCCCCCCCCCCCCCCCCCCCCCC. The molecule has 0 saturated carbocycles. The third kappa shape index (κ3) is 43.0. The Labute approximate surface area is 612 Å². The summed E-state index contributed by atoms with van der Waals surface area (Å²) >= 11 is 0. The first-order chi connectivity index (χ1) is 49.3. The minimum absolute atomic E-state index is 0.236. The summed E-state index contributed by atoms with van der Waals surface area (Å²) in [5.41, 5.74) is 0. The molecule has 17 atom stereocenters. The maximum atomic E-state index is 13.5. The zero-order valence-electron chi connectivity index (χ0n) is 63.7. The summed E-state index contributed by atoms with van der Waals surface area (Å²) in [6.45, 7) is 1.84. The monoisotopic (exact) mass is 1440 g/mol. The Kier molecular flexibility index (Phi) is 58.1. The molecule has 0 aromatic carbocycles. The van der Waals surface area contributed by atoms with Gasteiger partial charge >= 0.3 is 0 Å². The Hall–Kier alpha value is -1.99. The van der Waals surface area contributed by atoms with Crippen LogP contribution in [0.1, 0.15) is 348 Å². The Bertz CT molecular complexity index is 1960. The van der Waals surface area contributed by atoms with E-state index in [9.17, 15) is 61.0 Å². The van der Waals surface area contributed by atoms with Gasteiger partial charge in [0.2, 0.25) is 5.91 Å². The predicted octanol–water partition coefficient (Wildman–Crippen LogP) is 14.3. The number of aliphatic hydroxyl groups is 11. The van der Waals surface area contributed by atoms with Gasteiger partial charge in [-0.05, 0) is 51.4 Å². The first kappa shape index (κ1) is 93.2. The van der Waals surface area contributed by atoms with Crippen LogP contribution in [0.15, 0.2) is 36.5 Å². The second kappa shape index (κ2) is 63.0. The highest BCUT2D eigenvalue weighted by molar-refractivity contribution is 5.76. The van der Waals surface area contributed by atoms with Crippen molar-refractivity contribution in [1.29, 1.82) is 0 Å². The molecule has 0 spiro atoms. The number of ether oxygens (including phenoxy) is 6. The molecule has 19 heteroatoms. The minimum atomic E-state index is -1.97. The number of nitrogens with one attached hydrogen (secondary N) is 1. The first-order valence-electron chi connectivity index (χ1n) is 41.7. The zero-order valence-corrected chi connectivity index (χ0v) is 63.7. The average Bonchev–Trinajstić information content (AvgIpc) is 0.782. The molecule has 3 fully saturated rings. The van der Waals surface area contributed by atoms with E-state index in [0.717, 1.165) is 57.8 Å². The Morgan fingerprint density at radius 2 is 0.653 bits per heavy atom. The lowest BCUT2D eigenvalue weighted by molar-refractivity contribution is -0.379. The number of carbonyl (C=O) groups is 1. The van der Waals surface area contributed by atoms with Crippen LogP contribution in [0.25, 0.3) is 0 Å². The van der Waals surface area contributed by atoms with Crippen molar-refractivity contribution in [3.63, 3.8) is 0 Å². The summed E-state index contributed by atoms with van der Waals surface area (Å²) in [5.74, 6) is -0.236. The van der Waals surface area contributed by atoms with Crippen molar-refractivity contribution in [2.45, 2.75) is 452 Å². The Morgan fingerprint density at radius 3 is 1.02 bits per heavy atom. The van der Waals surface area contributed by atoms with Gasteiger partial charge < -0.3 is 89.9 Å². The fraction of sp³-hybridized carbons (Fsp3) is 0.915. The molecule has 12 N–H and O–H groups in total. The van der Waals surface area contributed by atoms with Crippen LogP contribution in [0.5, 0.6) is 0 Å². The molecule has 3 aliphatic rings. The number of rotatable bonds is 67. The minimum Gasteiger partial charge on any atom is -0.394 e. The molecule has 0 aromatic rings. The third-order valence-electron chi connectivity index (χ3n) is 21.0. The van der Waals surface area contributed by atoms with Gasteiger partial charge in [0, 0.05) is 6.42 Å². The fourth-order valence-electron chi connectivity index (χ4n) is 14.3. The van der Waals surface area contributed by atoms with E-state index >= 15 is 0 Å². The number of carbonyl (C=O) groups excluding carboxylic acids is 1. The third-order valence-corrected chi connectivity index (χ3v) is 21.0.